The van der Waals surface area contributed by atoms with Crippen LogP contribution in [0.4, 0.5) is 0 Å². The predicted octanol–water partition coefficient (Wildman–Crippen LogP) is 3.34. The zero-order valence-electron chi connectivity index (χ0n) is 12.2. The second-order valence-corrected chi connectivity index (χ2v) is 6.48. The highest BCUT2D eigenvalue weighted by molar-refractivity contribution is 9.10. The fraction of sp³-hybridized carbons (Fsp3) is 0.615. The third kappa shape index (κ3) is 2.94. The highest BCUT2D eigenvalue weighted by Gasteiger charge is 2.26. The molecule has 0 aliphatic heterocycles. The summed E-state index contributed by atoms with van der Waals surface area (Å²) in [7, 11) is 0. The normalized spacial score (nSPS) is 13.1. The van der Waals surface area contributed by atoms with Gasteiger partial charge in [-0.15, -0.1) is 5.10 Å². The Bertz CT molecular complexity index is 563. The first-order chi connectivity index (χ1) is 9.60. The Morgan fingerprint density at radius 3 is 2.75 bits per heavy atom. The Balaban J connectivity index is 2.51. The van der Waals surface area contributed by atoms with Crippen LogP contribution in [0.15, 0.2) is 10.7 Å². The van der Waals surface area contributed by atoms with Crippen LogP contribution in [0.1, 0.15) is 56.0 Å². The summed E-state index contributed by atoms with van der Waals surface area (Å²) in [5.74, 6) is 0. The molecule has 1 unspecified atom stereocenters. The third-order valence-corrected chi connectivity index (χ3v) is 4.58. The van der Waals surface area contributed by atoms with Crippen LogP contribution >= 0.6 is 27.5 Å². The molecular weight excluding hydrogens is 338 g/mol. The van der Waals surface area contributed by atoms with E-state index >= 15 is 0 Å². The molecule has 7 heteroatoms. The topological polar surface area (TPSA) is 55.6 Å². The van der Waals surface area contributed by atoms with Crippen molar-refractivity contribution in [3.63, 3.8) is 0 Å². The molecule has 2 aromatic rings. The molecule has 2 heterocycles. The zero-order valence-corrected chi connectivity index (χ0v) is 14.6. The van der Waals surface area contributed by atoms with Gasteiger partial charge in [0.2, 0.25) is 0 Å². The summed E-state index contributed by atoms with van der Waals surface area (Å²) in [6, 6.07) is 0.387. The number of rotatable bonds is 6. The van der Waals surface area contributed by atoms with E-state index in [1.807, 2.05) is 6.20 Å². The molecule has 0 aliphatic carbocycles. The van der Waals surface area contributed by atoms with Gasteiger partial charge in [0.1, 0.15) is 0 Å². The van der Waals surface area contributed by atoms with Crippen LogP contribution in [-0.4, -0.2) is 25.9 Å². The first kappa shape index (κ1) is 15.6. The molecule has 20 heavy (non-hydrogen) atoms. The second-order valence-electron chi connectivity index (χ2n) is 4.84. The number of hydrogen-bond donors (Lipinski definition) is 1. The van der Waals surface area contributed by atoms with Crippen LogP contribution in [0.25, 0.3) is 0 Å². The molecule has 1 N–H and O–H groups in total. The lowest BCUT2D eigenvalue weighted by Crippen LogP contribution is -2.26. The Hall–Kier alpha value is -0.790. The van der Waals surface area contributed by atoms with Crippen LogP contribution < -0.4 is 5.32 Å². The summed E-state index contributed by atoms with van der Waals surface area (Å²) in [5, 5.41) is 12.3. The van der Waals surface area contributed by atoms with Crippen LogP contribution in [-0.2, 0) is 6.42 Å². The lowest BCUT2D eigenvalue weighted by atomic mass is 10.1. The Morgan fingerprint density at radius 2 is 2.15 bits per heavy atom. The van der Waals surface area contributed by atoms with Gasteiger partial charge in [-0.3, -0.25) is 4.68 Å². The zero-order chi connectivity index (χ0) is 14.7. The van der Waals surface area contributed by atoms with E-state index in [-0.39, 0.29) is 6.04 Å². The minimum Gasteiger partial charge on any atom is -0.304 e. The standard InChI is InChI=1S/C13H20BrN5S/c1-5-10-13(20-18-17-10)11(15-6-2)12-9(14)7-16-19(12)8(3)4/h7-8,11,15H,5-6H2,1-4H3. The molecule has 0 aromatic carbocycles. The highest BCUT2D eigenvalue weighted by atomic mass is 79.9. The van der Waals surface area contributed by atoms with Crippen LogP contribution in [0.2, 0.25) is 0 Å². The Kier molecular flexibility index (Phi) is 5.29. The van der Waals surface area contributed by atoms with E-state index in [9.17, 15) is 0 Å². The molecule has 0 spiro atoms. The molecule has 0 fully saturated rings. The number of nitrogens with one attached hydrogen (secondary N) is 1. The second kappa shape index (κ2) is 6.78. The van der Waals surface area contributed by atoms with Gasteiger partial charge in [0, 0.05) is 6.04 Å². The number of aryl methyl sites for hydroxylation is 1. The lowest BCUT2D eigenvalue weighted by Gasteiger charge is -2.21. The molecule has 110 valence electrons. The Labute approximate surface area is 132 Å². The number of aromatic nitrogens is 4. The van der Waals surface area contributed by atoms with Crippen molar-refractivity contribution >= 4 is 27.5 Å². The van der Waals surface area contributed by atoms with Gasteiger partial charge in [0.15, 0.2) is 0 Å². The molecule has 2 aromatic heterocycles. The van der Waals surface area contributed by atoms with E-state index in [0.29, 0.717) is 6.04 Å². The van der Waals surface area contributed by atoms with Crippen molar-refractivity contribution in [2.24, 2.45) is 0 Å². The SMILES string of the molecule is CCNC(c1snnc1CC)c1c(Br)cnn1C(C)C. The molecule has 2 rings (SSSR count). The summed E-state index contributed by atoms with van der Waals surface area (Å²) >= 11 is 5.09. The van der Waals surface area contributed by atoms with E-state index in [1.54, 1.807) is 0 Å². The smallest absolute Gasteiger partial charge is 0.0888 e. The molecule has 5 nitrogen and oxygen atoms in total. The van der Waals surface area contributed by atoms with Crippen molar-refractivity contribution in [3.8, 4) is 0 Å². The predicted molar refractivity (Wildman–Crippen MR) is 85.1 cm³/mol. The van der Waals surface area contributed by atoms with E-state index in [4.69, 9.17) is 0 Å². The molecule has 0 bridgehead atoms. The van der Waals surface area contributed by atoms with Gasteiger partial charge in [-0.1, -0.05) is 18.3 Å². The summed E-state index contributed by atoms with van der Waals surface area (Å²) < 4.78 is 7.19. The fourth-order valence-electron chi connectivity index (χ4n) is 2.23. The summed E-state index contributed by atoms with van der Waals surface area (Å²) in [6.07, 6.45) is 2.75. The molecule has 0 radical (unpaired) electrons. The van der Waals surface area contributed by atoms with E-state index in [0.717, 1.165) is 28.8 Å². The average Bonchev–Trinajstić information content (AvgIpc) is 3.02. The van der Waals surface area contributed by atoms with Gasteiger partial charge in [-0.05, 0) is 54.3 Å². The number of halogens is 1. The first-order valence-electron chi connectivity index (χ1n) is 6.87. The maximum Gasteiger partial charge on any atom is 0.0888 e. The van der Waals surface area contributed by atoms with Crippen LogP contribution in [0.3, 0.4) is 0 Å². The minimum absolute atomic E-state index is 0.0780. The van der Waals surface area contributed by atoms with E-state index in [1.165, 1.54) is 16.4 Å². The van der Waals surface area contributed by atoms with Gasteiger partial charge in [-0.2, -0.15) is 5.10 Å². The summed E-state index contributed by atoms with van der Waals surface area (Å²) in [5.41, 5.74) is 2.20. The monoisotopic (exact) mass is 357 g/mol. The number of hydrogen-bond acceptors (Lipinski definition) is 5. The third-order valence-electron chi connectivity index (χ3n) is 3.14. The van der Waals surface area contributed by atoms with Gasteiger partial charge in [0.25, 0.3) is 0 Å². The van der Waals surface area contributed by atoms with Crippen molar-refractivity contribution in [2.75, 3.05) is 6.54 Å². The van der Waals surface area contributed by atoms with E-state index < -0.39 is 0 Å². The molecule has 1 atom stereocenters. The van der Waals surface area contributed by atoms with Crippen molar-refractivity contribution in [2.45, 2.75) is 46.2 Å². The maximum absolute atomic E-state index is 4.48. The lowest BCUT2D eigenvalue weighted by molar-refractivity contribution is 0.476. The van der Waals surface area contributed by atoms with Crippen molar-refractivity contribution in [3.05, 3.63) is 26.9 Å². The summed E-state index contributed by atoms with van der Waals surface area (Å²) in [4.78, 5) is 1.18. The average molecular weight is 358 g/mol. The molecular formula is C13H20BrN5S. The maximum atomic E-state index is 4.48. The molecule has 0 saturated carbocycles. The minimum atomic E-state index is 0.0780. The van der Waals surface area contributed by atoms with Gasteiger partial charge in [-0.25, -0.2) is 0 Å². The van der Waals surface area contributed by atoms with Crippen molar-refractivity contribution < 1.29 is 0 Å². The highest BCUT2D eigenvalue weighted by Crippen LogP contribution is 2.33. The van der Waals surface area contributed by atoms with Gasteiger partial charge in [0.05, 0.1) is 33.0 Å². The van der Waals surface area contributed by atoms with Crippen molar-refractivity contribution in [1.82, 2.24) is 24.7 Å². The molecule has 0 amide bonds. The van der Waals surface area contributed by atoms with Crippen LogP contribution in [0, 0.1) is 0 Å². The van der Waals surface area contributed by atoms with E-state index in [2.05, 4.69) is 68.3 Å². The molecule has 0 aliphatic rings. The van der Waals surface area contributed by atoms with Gasteiger partial charge >= 0.3 is 0 Å². The van der Waals surface area contributed by atoms with Crippen LogP contribution in [0.5, 0.6) is 0 Å². The fourth-order valence-corrected chi connectivity index (χ4v) is 3.55. The molecule has 0 saturated heterocycles. The quantitative estimate of drug-likeness (QED) is 0.861. The first-order valence-corrected chi connectivity index (χ1v) is 8.44. The number of nitrogens with zero attached hydrogens (tertiary/aromatic N) is 4. The largest absolute Gasteiger partial charge is 0.304 e. The van der Waals surface area contributed by atoms with Crippen molar-refractivity contribution in [1.29, 1.82) is 0 Å². The van der Waals surface area contributed by atoms with Gasteiger partial charge < -0.3 is 5.32 Å². The Morgan fingerprint density at radius 1 is 1.40 bits per heavy atom. The summed E-state index contributed by atoms with van der Waals surface area (Å²) in [6.45, 7) is 9.37.